The minimum atomic E-state index is -1.33. The molecule has 0 saturated carbocycles. The number of nitrogens with zero attached hydrogens (tertiary/aromatic N) is 1. The summed E-state index contributed by atoms with van der Waals surface area (Å²) >= 11 is 0. The summed E-state index contributed by atoms with van der Waals surface area (Å²) in [5.41, 5.74) is 1.58. The molecular weight excluding hydrogens is 310 g/mol. The average molecular weight is 325 g/mol. The van der Waals surface area contributed by atoms with Crippen LogP contribution < -0.4 is 0 Å². The standard InChI is InChI=1S/C18H15NO5/c20-10-12-6-2-1-5-11(12)9-15(18(23)24)19-16(21)13-7-3-4-8-14(13)17(19)22/h1-8,15,20H,9-10H2,(H,23,24). The van der Waals surface area contributed by atoms with E-state index in [1.807, 2.05) is 0 Å². The van der Waals surface area contributed by atoms with Gasteiger partial charge in [-0.15, -0.1) is 0 Å². The third kappa shape index (κ3) is 2.57. The van der Waals surface area contributed by atoms with Crippen molar-refractivity contribution in [1.82, 2.24) is 4.90 Å². The van der Waals surface area contributed by atoms with Crippen molar-refractivity contribution in [3.8, 4) is 0 Å². The Morgan fingerprint density at radius 3 is 1.92 bits per heavy atom. The second-order valence-electron chi connectivity index (χ2n) is 5.51. The molecule has 2 N–H and O–H groups in total. The molecule has 1 aliphatic heterocycles. The highest BCUT2D eigenvalue weighted by molar-refractivity contribution is 6.22. The van der Waals surface area contributed by atoms with Gasteiger partial charge in [-0.3, -0.25) is 14.5 Å². The Balaban J connectivity index is 1.97. The van der Waals surface area contributed by atoms with Crippen LogP contribution in [-0.2, 0) is 17.8 Å². The molecule has 0 spiro atoms. The van der Waals surface area contributed by atoms with E-state index in [9.17, 15) is 24.6 Å². The Morgan fingerprint density at radius 1 is 0.917 bits per heavy atom. The molecule has 6 heteroatoms. The van der Waals surface area contributed by atoms with E-state index < -0.39 is 23.8 Å². The number of hydrogen-bond donors (Lipinski definition) is 2. The lowest BCUT2D eigenvalue weighted by Gasteiger charge is -2.23. The highest BCUT2D eigenvalue weighted by Gasteiger charge is 2.42. The summed E-state index contributed by atoms with van der Waals surface area (Å²) in [7, 11) is 0. The SMILES string of the molecule is O=C(O)C(Cc1ccccc1CO)N1C(=O)c2ccccc2C1=O. The summed E-state index contributed by atoms with van der Waals surface area (Å²) in [6.07, 6.45) is -0.0580. The molecule has 0 saturated heterocycles. The fourth-order valence-corrected chi connectivity index (χ4v) is 2.90. The molecule has 0 bridgehead atoms. The number of amides is 2. The van der Waals surface area contributed by atoms with Crippen molar-refractivity contribution < 1.29 is 24.6 Å². The Morgan fingerprint density at radius 2 is 1.42 bits per heavy atom. The summed E-state index contributed by atoms with van der Waals surface area (Å²) in [4.78, 5) is 37.5. The van der Waals surface area contributed by atoms with Crippen molar-refractivity contribution in [2.45, 2.75) is 19.1 Å². The number of carbonyl (C=O) groups excluding carboxylic acids is 2. The van der Waals surface area contributed by atoms with Crippen LogP contribution in [0, 0.1) is 0 Å². The van der Waals surface area contributed by atoms with E-state index in [4.69, 9.17) is 0 Å². The first-order valence-corrected chi connectivity index (χ1v) is 7.42. The fraction of sp³-hybridized carbons (Fsp3) is 0.167. The molecule has 2 amide bonds. The van der Waals surface area contributed by atoms with Crippen LogP contribution in [0.4, 0.5) is 0 Å². The van der Waals surface area contributed by atoms with Gasteiger partial charge in [-0.2, -0.15) is 0 Å². The van der Waals surface area contributed by atoms with Gasteiger partial charge in [-0.1, -0.05) is 36.4 Å². The van der Waals surface area contributed by atoms with E-state index >= 15 is 0 Å². The van der Waals surface area contributed by atoms with Gasteiger partial charge in [-0.05, 0) is 23.3 Å². The lowest BCUT2D eigenvalue weighted by molar-refractivity contribution is -0.141. The number of hydrogen-bond acceptors (Lipinski definition) is 4. The molecule has 1 atom stereocenters. The van der Waals surface area contributed by atoms with Gasteiger partial charge >= 0.3 is 5.97 Å². The largest absolute Gasteiger partial charge is 0.480 e. The zero-order valence-electron chi connectivity index (χ0n) is 12.7. The Hall–Kier alpha value is -2.99. The summed E-state index contributed by atoms with van der Waals surface area (Å²) in [5, 5.41) is 19.0. The molecular formula is C18H15NO5. The number of carbonyl (C=O) groups is 3. The predicted molar refractivity (Wildman–Crippen MR) is 84.4 cm³/mol. The van der Waals surface area contributed by atoms with Crippen molar-refractivity contribution in [2.75, 3.05) is 0 Å². The van der Waals surface area contributed by atoms with Crippen molar-refractivity contribution in [1.29, 1.82) is 0 Å². The molecule has 2 aromatic carbocycles. The van der Waals surface area contributed by atoms with Crippen molar-refractivity contribution in [3.63, 3.8) is 0 Å². The predicted octanol–water partition coefficient (Wildman–Crippen LogP) is 1.47. The molecule has 0 aromatic heterocycles. The summed E-state index contributed by atoms with van der Waals surface area (Å²) in [5.74, 6) is -2.48. The highest BCUT2D eigenvalue weighted by atomic mass is 16.4. The van der Waals surface area contributed by atoms with E-state index in [2.05, 4.69) is 0 Å². The first-order chi connectivity index (χ1) is 11.5. The molecule has 6 nitrogen and oxygen atoms in total. The van der Waals surface area contributed by atoms with Crippen LogP contribution in [0.25, 0.3) is 0 Å². The van der Waals surface area contributed by atoms with Gasteiger partial charge in [0.1, 0.15) is 6.04 Å². The van der Waals surface area contributed by atoms with Crippen molar-refractivity contribution in [3.05, 3.63) is 70.8 Å². The van der Waals surface area contributed by atoms with Crippen LogP contribution in [0.1, 0.15) is 31.8 Å². The summed E-state index contributed by atoms with van der Waals surface area (Å²) < 4.78 is 0. The van der Waals surface area contributed by atoms with E-state index in [-0.39, 0.29) is 24.2 Å². The second-order valence-corrected chi connectivity index (χ2v) is 5.51. The Bertz CT molecular complexity index is 795. The average Bonchev–Trinajstić information content (AvgIpc) is 2.84. The summed E-state index contributed by atoms with van der Waals surface area (Å²) in [6.45, 7) is -0.245. The normalized spacial score (nSPS) is 14.6. The lowest BCUT2D eigenvalue weighted by Crippen LogP contribution is -2.46. The topological polar surface area (TPSA) is 94.9 Å². The zero-order chi connectivity index (χ0) is 17.3. The molecule has 0 radical (unpaired) electrons. The van der Waals surface area contributed by atoms with Crippen LogP contribution >= 0.6 is 0 Å². The highest BCUT2D eigenvalue weighted by Crippen LogP contribution is 2.26. The third-order valence-corrected chi connectivity index (χ3v) is 4.12. The van der Waals surface area contributed by atoms with Gasteiger partial charge < -0.3 is 10.2 Å². The van der Waals surface area contributed by atoms with Gasteiger partial charge in [0, 0.05) is 6.42 Å². The monoisotopic (exact) mass is 325 g/mol. The van der Waals surface area contributed by atoms with E-state index in [0.717, 1.165) is 4.90 Å². The minimum Gasteiger partial charge on any atom is -0.480 e. The van der Waals surface area contributed by atoms with Gasteiger partial charge in [-0.25, -0.2) is 4.79 Å². The molecule has 3 rings (SSSR count). The zero-order valence-corrected chi connectivity index (χ0v) is 12.7. The number of imide groups is 1. The quantitative estimate of drug-likeness (QED) is 0.812. The van der Waals surface area contributed by atoms with Gasteiger partial charge in [0.25, 0.3) is 11.8 Å². The Labute approximate surface area is 138 Å². The van der Waals surface area contributed by atoms with Crippen LogP contribution in [0.2, 0.25) is 0 Å². The number of carboxylic acids is 1. The van der Waals surface area contributed by atoms with Gasteiger partial charge in [0.15, 0.2) is 0 Å². The van der Waals surface area contributed by atoms with E-state index in [1.54, 1.807) is 36.4 Å². The number of aliphatic hydroxyl groups is 1. The smallest absolute Gasteiger partial charge is 0.327 e. The maximum absolute atomic E-state index is 12.5. The minimum absolute atomic E-state index is 0.0580. The van der Waals surface area contributed by atoms with Crippen molar-refractivity contribution >= 4 is 17.8 Å². The molecule has 1 unspecified atom stereocenters. The van der Waals surface area contributed by atoms with Crippen molar-refractivity contribution in [2.24, 2.45) is 0 Å². The first kappa shape index (κ1) is 15.9. The molecule has 0 aliphatic carbocycles. The molecule has 1 heterocycles. The molecule has 2 aromatic rings. The van der Waals surface area contributed by atoms with Gasteiger partial charge in [0.05, 0.1) is 17.7 Å². The maximum Gasteiger partial charge on any atom is 0.327 e. The summed E-state index contributed by atoms with van der Waals surface area (Å²) in [6, 6.07) is 11.8. The number of aliphatic hydroxyl groups excluding tert-OH is 1. The van der Waals surface area contributed by atoms with E-state index in [1.165, 1.54) is 12.1 Å². The molecule has 1 aliphatic rings. The number of rotatable bonds is 5. The number of carboxylic acid groups (broad SMARTS) is 1. The Kier molecular flexibility index (Phi) is 4.14. The third-order valence-electron chi connectivity index (χ3n) is 4.12. The maximum atomic E-state index is 12.5. The second kappa shape index (κ2) is 6.25. The first-order valence-electron chi connectivity index (χ1n) is 7.42. The number of aliphatic carboxylic acids is 1. The van der Waals surface area contributed by atoms with Crippen LogP contribution in [0.3, 0.4) is 0 Å². The van der Waals surface area contributed by atoms with Crippen LogP contribution in [0.15, 0.2) is 48.5 Å². The van der Waals surface area contributed by atoms with Crippen LogP contribution in [-0.4, -0.2) is 38.9 Å². The fourth-order valence-electron chi connectivity index (χ4n) is 2.90. The van der Waals surface area contributed by atoms with E-state index in [0.29, 0.717) is 11.1 Å². The van der Waals surface area contributed by atoms with Gasteiger partial charge in [0.2, 0.25) is 0 Å². The molecule has 0 fully saturated rings. The molecule has 24 heavy (non-hydrogen) atoms. The number of benzene rings is 2. The lowest BCUT2D eigenvalue weighted by atomic mass is 9.99. The number of fused-ring (bicyclic) bond motifs is 1. The van der Waals surface area contributed by atoms with Crippen LogP contribution in [0.5, 0.6) is 0 Å². The molecule has 122 valence electrons.